The highest BCUT2D eigenvalue weighted by molar-refractivity contribution is 6.31. The molecule has 0 saturated heterocycles. The van der Waals surface area contributed by atoms with Gasteiger partial charge in [0.05, 0.1) is 28.9 Å². The van der Waals surface area contributed by atoms with Gasteiger partial charge in [-0.1, -0.05) is 53.5 Å². The summed E-state index contributed by atoms with van der Waals surface area (Å²) in [5, 5.41) is 4.12. The highest BCUT2D eigenvalue weighted by atomic mass is 35.5. The molecule has 0 radical (unpaired) electrons. The number of fused-ring (bicyclic) bond motifs is 1. The van der Waals surface area contributed by atoms with Gasteiger partial charge < -0.3 is 14.7 Å². The molecule has 5 aromatic rings. The molecule has 3 heterocycles. The third-order valence-corrected chi connectivity index (χ3v) is 5.79. The number of hydrogen-bond acceptors (Lipinski definition) is 5. The number of aromatic amines is 1. The van der Waals surface area contributed by atoms with Gasteiger partial charge in [-0.3, -0.25) is 9.59 Å². The van der Waals surface area contributed by atoms with E-state index in [4.69, 9.17) is 27.6 Å². The molecule has 1 amide bonds. The van der Waals surface area contributed by atoms with Crippen molar-refractivity contribution < 1.29 is 9.21 Å². The van der Waals surface area contributed by atoms with Crippen LogP contribution in [0.1, 0.15) is 27.5 Å². The third kappa shape index (κ3) is 4.19. The van der Waals surface area contributed by atoms with Crippen LogP contribution in [0.15, 0.2) is 88.5 Å². The number of hydrogen-bond donors (Lipinski definition) is 2. The maximum atomic E-state index is 13.8. The third-order valence-electron chi connectivity index (χ3n) is 5.33. The van der Waals surface area contributed by atoms with Crippen LogP contribution in [0.3, 0.4) is 0 Å². The van der Waals surface area contributed by atoms with Gasteiger partial charge in [-0.2, -0.15) is 0 Å². The fourth-order valence-corrected chi connectivity index (χ4v) is 4.05. The van der Waals surface area contributed by atoms with E-state index in [0.717, 1.165) is 0 Å². The average Bonchev–Trinajstić information content (AvgIpc) is 3.38. The van der Waals surface area contributed by atoms with E-state index in [1.165, 1.54) is 24.7 Å². The van der Waals surface area contributed by atoms with Crippen LogP contribution in [0.4, 0.5) is 0 Å². The SMILES string of the molecule is O=C(NC(c1ccccc1)c1c(-c2ncco2)[nH]c2cc(Cl)ccc2c1=O)c1ccc(Cl)nc1. The zero-order valence-electron chi connectivity index (χ0n) is 17.5. The van der Waals surface area contributed by atoms with Gasteiger partial charge in [-0.15, -0.1) is 0 Å². The van der Waals surface area contributed by atoms with Gasteiger partial charge in [0, 0.05) is 16.6 Å². The maximum absolute atomic E-state index is 13.8. The number of aromatic nitrogens is 3. The van der Waals surface area contributed by atoms with E-state index < -0.39 is 11.9 Å². The monoisotopic (exact) mass is 490 g/mol. The minimum absolute atomic E-state index is 0.206. The van der Waals surface area contributed by atoms with E-state index in [0.29, 0.717) is 32.7 Å². The smallest absolute Gasteiger partial charge is 0.253 e. The first kappa shape index (κ1) is 21.9. The molecule has 168 valence electrons. The Labute approximate surface area is 203 Å². The summed E-state index contributed by atoms with van der Waals surface area (Å²) < 4.78 is 5.53. The van der Waals surface area contributed by atoms with Gasteiger partial charge in [-0.25, -0.2) is 9.97 Å². The Morgan fingerprint density at radius 1 is 1.03 bits per heavy atom. The molecule has 0 aliphatic carbocycles. The Kier molecular flexibility index (Phi) is 5.88. The second kappa shape index (κ2) is 9.13. The van der Waals surface area contributed by atoms with Crippen LogP contribution < -0.4 is 10.7 Å². The van der Waals surface area contributed by atoms with Crippen molar-refractivity contribution in [1.82, 2.24) is 20.3 Å². The Morgan fingerprint density at radius 2 is 1.85 bits per heavy atom. The van der Waals surface area contributed by atoms with E-state index in [1.54, 1.807) is 24.3 Å². The molecular formula is C25H16Cl2N4O3. The summed E-state index contributed by atoms with van der Waals surface area (Å²) in [7, 11) is 0. The predicted octanol–water partition coefficient (Wildman–Crippen LogP) is 5.40. The highest BCUT2D eigenvalue weighted by Crippen LogP contribution is 2.30. The molecule has 0 fully saturated rings. The zero-order valence-corrected chi connectivity index (χ0v) is 19.0. The number of H-pyrrole nitrogens is 1. The number of pyridine rings is 2. The molecule has 0 aliphatic rings. The Balaban J connectivity index is 1.73. The number of amides is 1. The lowest BCUT2D eigenvalue weighted by Crippen LogP contribution is -2.33. The highest BCUT2D eigenvalue weighted by Gasteiger charge is 2.27. The molecule has 9 heteroatoms. The fourth-order valence-electron chi connectivity index (χ4n) is 3.76. The summed E-state index contributed by atoms with van der Waals surface area (Å²) in [6.07, 6.45) is 4.27. The van der Waals surface area contributed by atoms with Gasteiger partial charge >= 0.3 is 0 Å². The van der Waals surface area contributed by atoms with Gasteiger partial charge in [-0.05, 0) is 35.9 Å². The molecule has 3 aromatic heterocycles. The topological polar surface area (TPSA) is 101 Å². The van der Waals surface area contributed by atoms with Crippen molar-refractivity contribution in [2.75, 3.05) is 0 Å². The molecule has 7 nitrogen and oxygen atoms in total. The Morgan fingerprint density at radius 3 is 2.56 bits per heavy atom. The average molecular weight is 491 g/mol. The first-order valence-corrected chi connectivity index (χ1v) is 11.0. The first-order valence-electron chi connectivity index (χ1n) is 10.2. The second-order valence-electron chi connectivity index (χ2n) is 7.46. The number of carbonyl (C=O) groups is 1. The van der Waals surface area contributed by atoms with E-state index in [2.05, 4.69) is 20.3 Å². The predicted molar refractivity (Wildman–Crippen MR) is 130 cm³/mol. The van der Waals surface area contributed by atoms with Crippen molar-refractivity contribution >= 4 is 40.0 Å². The standard InChI is InChI=1S/C25H16Cl2N4O3/c26-16-7-8-17-18(12-16)30-22(25-28-10-11-34-25)20(23(17)32)21(14-4-2-1-3-5-14)31-24(33)15-6-9-19(27)29-13-15/h1-13,21H,(H,30,32)(H,31,33). The Hall–Kier alpha value is -3.94. The number of carbonyl (C=O) groups excluding carboxylic acids is 1. The van der Waals surface area contributed by atoms with Crippen LogP contribution in [0, 0.1) is 0 Å². The summed E-state index contributed by atoms with van der Waals surface area (Å²) in [4.78, 5) is 38.4. The largest absolute Gasteiger partial charge is 0.443 e. The number of benzene rings is 2. The van der Waals surface area contributed by atoms with Gasteiger partial charge in [0.1, 0.15) is 17.1 Å². The lowest BCUT2D eigenvalue weighted by Gasteiger charge is -2.22. The van der Waals surface area contributed by atoms with Gasteiger partial charge in [0.15, 0.2) is 5.43 Å². The Bertz CT molecular complexity index is 1530. The van der Waals surface area contributed by atoms with E-state index in [1.807, 2.05) is 30.3 Å². The van der Waals surface area contributed by atoms with Crippen LogP contribution in [0.5, 0.6) is 0 Å². The second-order valence-corrected chi connectivity index (χ2v) is 8.28. The van der Waals surface area contributed by atoms with Crippen LogP contribution in [0.25, 0.3) is 22.5 Å². The summed E-state index contributed by atoms with van der Waals surface area (Å²) in [5.74, 6) is -0.218. The van der Waals surface area contributed by atoms with Crippen molar-refractivity contribution in [2.24, 2.45) is 0 Å². The number of nitrogens with zero attached hydrogens (tertiary/aromatic N) is 2. The molecule has 0 aliphatic heterocycles. The number of halogens is 2. The fraction of sp³-hybridized carbons (Fsp3) is 0.0400. The molecule has 2 N–H and O–H groups in total. The summed E-state index contributed by atoms with van der Waals surface area (Å²) in [6.45, 7) is 0. The number of oxazole rings is 1. The van der Waals surface area contributed by atoms with Crippen LogP contribution in [-0.2, 0) is 0 Å². The summed E-state index contributed by atoms with van der Waals surface area (Å²) >= 11 is 12.0. The van der Waals surface area contributed by atoms with Gasteiger partial charge in [0.25, 0.3) is 5.91 Å². The lowest BCUT2D eigenvalue weighted by molar-refractivity contribution is 0.0942. The molecule has 0 bridgehead atoms. The molecular weight excluding hydrogens is 475 g/mol. The zero-order chi connectivity index (χ0) is 23.7. The minimum atomic E-state index is -0.824. The van der Waals surface area contributed by atoms with Crippen LogP contribution in [0.2, 0.25) is 10.2 Å². The van der Waals surface area contributed by atoms with Crippen molar-refractivity contribution in [3.8, 4) is 11.6 Å². The van der Waals surface area contributed by atoms with E-state index >= 15 is 0 Å². The normalized spacial score (nSPS) is 11.9. The summed E-state index contributed by atoms with van der Waals surface area (Å²) in [5.41, 5.74) is 1.85. The van der Waals surface area contributed by atoms with E-state index in [9.17, 15) is 9.59 Å². The molecule has 0 saturated carbocycles. The summed E-state index contributed by atoms with van der Waals surface area (Å²) in [6, 6.07) is 16.4. The van der Waals surface area contributed by atoms with Crippen molar-refractivity contribution in [3.05, 3.63) is 116 Å². The molecule has 34 heavy (non-hydrogen) atoms. The minimum Gasteiger partial charge on any atom is -0.443 e. The molecule has 1 atom stereocenters. The van der Waals surface area contributed by atoms with Crippen LogP contribution in [-0.4, -0.2) is 20.9 Å². The molecule has 1 unspecified atom stereocenters. The number of nitrogens with one attached hydrogen (secondary N) is 2. The lowest BCUT2D eigenvalue weighted by atomic mass is 9.94. The first-order chi connectivity index (χ1) is 16.5. The van der Waals surface area contributed by atoms with Crippen molar-refractivity contribution in [2.45, 2.75) is 6.04 Å². The number of rotatable bonds is 5. The molecule has 2 aromatic carbocycles. The quantitative estimate of drug-likeness (QED) is 0.321. The molecule has 5 rings (SSSR count). The molecule has 0 spiro atoms. The van der Waals surface area contributed by atoms with Crippen molar-refractivity contribution in [1.29, 1.82) is 0 Å². The van der Waals surface area contributed by atoms with Crippen molar-refractivity contribution in [3.63, 3.8) is 0 Å². The maximum Gasteiger partial charge on any atom is 0.253 e. The van der Waals surface area contributed by atoms with Crippen LogP contribution >= 0.6 is 23.2 Å². The van der Waals surface area contributed by atoms with Gasteiger partial charge in [0.2, 0.25) is 5.89 Å². The van der Waals surface area contributed by atoms with E-state index in [-0.39, 0.29) is 22.0 Å².